The van der Waals surface area contributed by atoms with Crippen LogP contribution in [0.5, 0.6) is 0 Å². The molecule has 33 heavy (non-hydrogen) atoms. The van der Waals surface area contributed by atoms with E-state index in [0.29, 0.717) is 0 Å². The molecule has 3 aliphatic rings. The van der Waals surface area contributed by atoms with Gasteiger partial charge in [-0.2, -0.15) is 0 Å². The van der Waals surface area contributed by atoms with Crippen molar-refractivity contribution in [3.63, 3.8) is 0 Å². The van der Waals surface area contributed by atoms with E-state index in [-0.39, 0.29) is 11.0 Å². The molecule has 0 N–H and O–H groups in total. The van der Waals surface area contributed by atoms with Crippen molar-refractivity contribution in [1.82, 2.24) is 0 Å². The Hall–Kier alpha value is -1.67. The van der Waals surface area contributed by atoms with Crippen molar-refractivity contribution in [1.29, 1.82) is 0 Å². The summed E-state index contributed by atoms with van der Waals surface area (Å²) in [4.78, 5) is 0. The van der Waals surface area contributed by atoms with E-state index in [1.165, 1.54) is 19.3 Å². The Morgan fingerprint density at radius 1 is 0.697 bits per heavy atom. The Morgan fingerprint density at radius 2 is 1.15 bits per heavy atom. The Kier molecular flexibility index (Phi) is 9.56. The van der Waals surface area contributed by atoms with Crippen LogP contribution in [0.25, 0.3) is 11.1 Å². The van der Waals surface area contributed by atoms with E-state index >= 15 is 0 Å². The first-order valence-corrected chi connectivity index (χ1v) is 16.2. The molecule has 173 valence electrons. The quantitative estimate of drug-likeness (QED) is 0.306. The molecule has 5 unspecified atom stereocenters. The number of hydrogen-bond donors (Lipinski definition) is 0. The zero-order valence-electron chi connectivity index (χ0n) is 19.7. The van der Waals surface area contributed by atoms with Crippen LogP contribution in [-0.2, 0) is 17.9 Å². The van der Waals surface area contributed by atoms with Gasteiger partial charge in [-0.05, 0) is 33.2 Å². The van der Waals surface area contributed by atoms with Gasteiger partial charge in [-0.15, -0.1) is 0 Å². The molecular formula is C31H41SiTi. The Balaban J connectivity index is 0.000000180. The third-order valence-electron chi connectivity index (χ3n) is 7.74. The molecule has 2 aromatic rings. The van der Waals surface area contributed by atoms with Gasteiger partial charge in [-0.3, -0.25) is 0 Å². The molecule has 0 heterocycles. The first-order valence-electron chi connectivity index (χ1n) is 12.2. The van der Waals surface area contributed by atoms with Crippen molar-refractivity contribution in [3.05, 3.63) is 109 Å². The fraction of sp³-hybridized carbons (Fsp3) is 0.355. The second-order valence-electron chi connectivity index (χ2n) is 9.83. The van der Waals surface area contributed by atoms with Crippen LogP contribution < -0.4 is 0 Å². The van der Waals surface area contributed by atoms with Gasteiger partial charge in [0, 0.05) is 0 Å². The Bertz CT molecular complexity index is 923. The normalized spacial score (nSPS) is 26.7. The van der Waals surface area contributed by atoms with Crippen LogP contribution in [0.4, 0.5) is 0 Å². The maximum absolute atomic E-state index is 4.10. The summed E-state index contributed by atoms with van der Waals surface area (Å²) in [6.07, 6.45) is 15.8. The molecule has 2 saturated carbocycles. The van der Waals surface area contributed by atoms with Crippen molar-refractivity contribution in [2.75, 3.05) is 0 Å². The van der Waals surface area contributed by atoms with Gasteiger partial charge >= 0.3 is 106 Å². The molecule has 3 aliphatic carbocycles. The second kappa shape index (κ2) is 12.2. The maximum atomic E-state index is 4.10. The zero-order chi connectivity index (χ0) is 22.5. The van der Waals surface area contributed by atoms with Crippen molar-refractivity contribution in [3.8, 4) is 0 Å². The predicted molar refractivity (Wildman–Crippen MR) is 148 cm³/mol. The molecule has 0 nitrogen and oxygen atoms in total. The summed E-state index contributed by atoms with van der Waals surface area (Å²) < 4.78 is 1.12. The molecule has 2 fully saturated rings. The molecule has 5 atom stereocenters. The second-order valence-corrected chi connectivity index (χ2v) is 14.2. The Labute approximate surface area is 212 Å². The van der Waals surface area contributed by atoms with Crippen LogP contribution in [0.1, 0.15) is 36.8 Å². The Morgan fingerprint density at radius 3 is 1.64 bits per heavy atom. The number of hydrogen-bond acceptors (Lipinski definition) is 0. The number of rotatable bonds is 4. The van der Waals surface area contributed by atoms with E-state index in [1.54, 1.807) is 6.42 Å². The third kappa shape index (κ3) is 5.88. The summed E-state index contributed by atoms with van der Waals surface area (Å²) in [6, 6.07) is 20.3. The van der Waals surface area contributed by atoms with E-state index in [1.807, 2.05) is 36.4 Å². The van der Waals surface area contributed by atoms with Gasteiger partial charge in [-0.25, -0.2) is 0 Å². The smallest absolute Gasteiger partial charge is 0.0149 e. The molecule has 0 amide bonds. The van der Waals surface area contributed by atoms with Crippen molar-refractivity contribution in [2.45, 2.75) is 40.4 Å². The zero-order valence-corrected chi connectivity index (χ0v) is 21.3. The van der Waals surface area contributed by atoms with Gasteiger partial charge in [0.25, 0.3) is 0 Å². The van der Waals surface area contributed by atoms with Gasteiger partial charge in [0.05, 0.1) is 0 Å². The summed E-state index contributed by atoms with van der Waals surface area (Å²) in [5.41, 5.74) is 4.20. The number of fused-ring (bicyclic) bond motifs is 3. The summed E-state index contributed by atoms with van der Waals surface area (Å²) in [7, 11) is 0. The van der Waals surface area contributed by atoms with Gasteiger partial charge < -0.3 is 0 Å². The maximum Gasteiger partial charge on any atom is -0.0149 e. The number of benzene rings is 2. The first kappa shape index (κ1) is 25.9. The standard InChI is InChI=1S/C16H14.C13H17.2CH3.H4Si.Ti/c1-13(15-9-5-3-6-10-15)14(2)16-11-7-4-8-12-16;1-3-7-12-10(5-1)9-11-6-2-4-8-13(11)12;;;;/h3-12H,1-2H2;1,3,5,7,9-13H,2,4,6,8H2;2*1H3;1H4;. The van der Waals surface area contributed by atoms with E-state index in [9.17, 15) is 0 Å². The summed E-state index contributed by atoms with van der Waals surface area (Å²) >= 11 is -0.767. The predicted octanol–water partition coefficient (Wildman–Crippen LogP) is 7.63. The topological polar surface area (TPSA) is 0 Å². The minimum absolute atomic E-state index is 0. The minimum atomic E-state index is -0.767. The number of allylic oxidation sites excluding steroid dienone is 6. The monoisotopic (exact) mass is 489 g/mol. The fourth-order valence-electron chi connectivity index (χ4n) is 6.27. The average Bonchev–Trinajstić information content (AvgIpc) is 3.19. The van der Waals surface area contributed by atoms with E-state index in [0.717, 1.165) is 50.2 Å². The SMILES string of the molecule is C=C(C(=C)c1ccccc1)c1ccccc1.[CH3][Ti]([CH3])[CH]1C2C=CC=CC2C2CCCCC21.[SiH4]. The molecule has 5 rings (SSSR count). The molecule has 0 aliphatic heterocycles. The molecule has 2 heteroatoms. The fourth-order valence-corrected chi connectivity index (χ4v) is 9.97. The molecule has 0 saturated heterocycles. The van der Waals surface area contributed by atoms with Crippen LogP contribution in [0.2, 0.25) is 14.7 Å². The molecule has 0 bridgehead atoms. The van der Waals surface area contributed by atoms with E-state index in [2.05, 4.69) is 72.2 Å². The summed E-state index contributed by atoms with van der Waals surface area (Å²) in [6.45, 7) is 8.20. The third-order valence-corrected chi connectivity index (χ3v) is 11.1. The van der Waals surface area contributed by atoms with Crippen LogP contribution >= 0.6 is 0 Å². The van der Waals surface area contributed by atoms with Gasteiger partial charge in [0.1, 0.15) is 0 Å². The van der Waals surface area contributed by atoms with Gasteiger partial charge in [0.2, 0.25) is 0 Å². The molecule has 2 aromatic carbocycles. The van der Waals surface area contributed by atoms with E-state index in [4.69, 9.17) is 0 Å². The summed E-state index contributed by atoms with van der Waals surface area (Å²) in [5, 5.41) is 5.20. The van der Waals surface area contributed by atoms with Crippen molar-refractivity contribution < 1.29 is 17.9 Å². The average molecular weight is 490 g/mol. The summed E-state index contributed by atoms with van der Waals surface area (Å²) in [5.74, 6) is 4.00. The van der Waals surface area contributed by atoms with Crippen LogP contribution in [0.15, 0.2) is 98.1 Å². The van der Waals surface area contributed by atoms with Crippen molar-refractivity contribution >= 4 is 22.1 Å². The molecule has 0 radical (unpaired) electrons. The van der Waals surface area contributed by atoms with Crippen LogP contribution in [-0.4, -0.2) is 11.0 Å². The first-order chi connectivity index (χ1) is 15.6. The van der Waals surface area contributed by atoms with Crippen LogP contribution in [0, 0.1) is 23.7 Å². The van der Waals surface area contributed by atoms with Gasteiger partial charge in [0.15, 0.2) is 0 Å². The van der Waals surface area contributed by atoms with Crippen LogP contribution in [0.3, 0.4) is 0 Å². The largest absolute Gasteiger partial charge is 0.0149 e. The van der Waals surface area contributed by atoms with Gasteiger partial charge in [-0.1, -0.05) is 73.8 Å². The van der Waals surface area contributed by atoms with Crippen molar-refractivity contribution in [2.24, 2.45) is 23.7 Å². The minimum Gasteiger partial charge on any atom is -0.0149 e. The molecule has 0 aromatic heterocycles. The molecular weight excluding hydrogens is 448 g/mol. The molecule has 0 spiro atoms. The van der Waals surface area contributed by atoms with E-state index < -0.39 is 17.9 Å².